The summed E-state index contributed by atoms with van der Waals surface area (Å²) in [5.74, 6) is -1.26. The number of halogens is 2. The number of nitrogens with zero attached hydrogens (tertiary/aromatic N) is 1. The van der Waals surface area contributed by atoms with E-state index in [9.17, 15) is 18.8 Å². The molecule has 32 heavy (non-hydrogen) atoms. The Morgan fingerprint density at radius 3 is 2.53 bits per heavy atom. The zero-order valence-corrected chi connectivity index (χ0v) is 18.0. The molecule has 160 valence electrons. The Balaban J connectivity index is 1.49. The highest BCUT2D eigenvalue weighted by Crippen LogP contribution is 2.34. The van der Waals surface area contributed by atoms with Crippen LogP contribution in [0.15, 0.2) is 77.7 Å². The molecule has 3 aromatic carbocycles. The Morgan fingerprint density at radius 2 is 1.78 bits per heavy atom. The van der Waals surface area contributed by atoms with Crippen molar-refractivity contribution in [3.05, 3.63) is 105 Å². The molecule has 3 aromatic rings. The molecule has 0 saturated carbocycles. The Hall–Kier alpha value is -3.42. The van der Waals surface area contributed by atoms with Crippen molar-refractivity contribution >= 4 is 46.6 Å². The molecule has 1 heterocycles. The van der Waals surface area contributed by atoms with Gasteiger partial charge in [-0.15, -0.1) is 0 Å². The summed E-state index contributed by atoms with van der Waals surface area (Å²) in [5, 5.41) is 0.0299. The van der Waals surface area contributed by atoms with Crippen LogP contribution >= 0.6 is 23.4 Å². The van der Waals surface area contributed by atoms with E-state index in [1.54, 1.807) is 60.7 Å². The number of amides is 2. The molecule has 8 heteroatoms. The van der Waals surface area contributed by atoms with Gasteiger partial charge in [0.25, 0.3) is 11.1 Å². The number of benzene rings is 3. The van der Waals surface area contributed by atoms with Crippen LogP contribution in [0.25, 0.3) is 6.08 Å². The predicted octanol–water partition coefficient (Wildman–Crippen LogP) is 5.93. The molecule has 0 spiro atoms. The van der Waals surface area contributed by atoms with Gasteiger partial charge in [0, 0.05) is 10.6 Å². The van der Waals surface area contributed by atoms with Crippen LogP contribution in [-0.2, 0) is 11.3 Å². The first kappa shape index (κ1) is 21.8. The quantitative estimate of drug-likeness (QED) is 0.264. The molecule has 5 nitrogen and oxygen atoms in total. The lowest BCUT2D eigenvalue weighted by Crippen LogP contribution is -2.27. The van der Waals surface area contributed by atoms with E-state index in [1.807, 2.05) is 0 Å². The topological polar surface area (TPSA) is 63.7 Å². The van der Waals surface area contributed by atoms with Crippen molar-refractivity contribution < 1.29 is 23.5 Å². The molecule has 0 aromatic heterocycles. The van der Waals surface area contributed by atoms with Gasteiger partial charge in [0.1, 0.15) is 11.6 Å². The smallest absolute Gasteiger partial charge is 0.343 e. The third-order valence-electron chi connectivity index (χ3n) is 4.61. The monoisotopic (exact) mass is 467 g/mol. The van der Waals surface area contributed by atoms with Gasteiger partial charge in [0.2, 0.25) is 0 Å². The van der Waals surface area contributed by atoms with Crippen molar-refractivity contribution in [1.82, 2.24) is 4.90 Å². The number of hydrogen-bond donors (Lipinski definition) is 0. The van der Waals surface area contributed by atoms with E-state index in [0.29, 0.717) is 16.1 Å². The third kappa shape index (κ3) is 4.90. The summed E-state index contributed by atoms with van der Waals surface area (Å²) < 4.78 is 19.3. The van der Waals surface area contributed by atoms with Crippen molar-refractivity contribution in [2.24, 2.45) is 0 Å². The summed E-state index contributed by atoms with van der Waals surface area (Å²) in [4.78, 5) is 38.5. The Morgan fingerprint density at radius 1 is 1.03 bits per heavy atom. The van der Waals surface area contributed by atoms with Crippen LogP contribution in [0.2, 0.25) is 5.02 Å². The van der Waals surface area contributed by atoms with Crippen LogP contribution in [0.4, 0.5) is 9.18 Å². The zero-order valence-electron chi connectivity index (χ0n) is 16.5. The van der Waals surface area contributed by atoms with E-state index in [2.05, 4.69) is 0 Å². The minimum atomic E-state index is -0.552. The molecule has 1 aliphatic heterocycles. The first-order valence-corrected chi connectivity index (χ1v) is 10.7. The molecule has 0 atom stereocenters. The van der Waals surface area contributed by atoms with Gasteiger partial charge in [0.05, 0.1) is 17.0 Å². The van der Waals surface area contributed by atoms with Gasteiger partial charge in [-0.25, -0.2) is 9.18 Å². The molecule has 4 rings (SSSR count). The first-order chi connectivity index (χ1) is 15.4. The van der Waals surface area contributed by atoms with E-state index in [-0.39, 0.29) is 22.8 Å². The van der Waals surface area contributed by atoms with Crippen LogP contribution in [0.5, 0.6) is 5.75 Å². The first-order valence-electron chi connectivity index (χ1n) is 9.47. The summed E-state index contributed by atoms with van der Waals surface area (Å²) in [7, 11) is 0. The van der Waals surface area contributed by atoms with E-state index in [4.69, 9.17) is 16.3 Å². The van der Waals surface area contributed by atoms with Crippen LogP contribution in [-0.4, -0.2) is 22.0 Å². The van der Waals surface area contributed by atoms with Crippen LogP contribution in [0, 0.1) is 5.82 Å². The number of esters is 1. The lowest BCUT2D eigenvalue weighted by Gasteiger charge is -2.12. The Labute approximate surface area is 192 Å². The van der Waals surface area contributed by atoms with Gasteiger partial charge in [-0.3, -0.25) is 14.5 Å². The molecular weight excluding hydrogens is 453 g/mol. The SMILES string of the molecule is O=C(Oc1cccc(/C=C2\SC(=O)N(Cc3ccccc3F)C2=O)c1)c1ccc(Cl)cc1. The van der Waals surface area contributed by atoms with Gasteiger partial charge >= 0.3 is 5.97 Å². The van der Waals surface area contributed by atoms with Crippen LogP contribution < -0.4 is 4.74 Å². The van der Waals surface area contributed by atoms with Crippen molar-refractivity contribution in [2.45, 2.75) is 6.54 Å². The molecule has 0 aliphatic carbocycles. The fourth-order valence-electron chi connectivity index (χ4n) is 3.00. The molecular formula is C24H15ClFNO4S. The molecule has 0 bridgehead atoms. The van der Waals surface area contributed by atoms with Gasteiger partial charge in [0.15, 0.2) is 0 Å². The van der Waals surface area contributed by atoms with Crippen LogP contribution in [0.3, 0.4) is 0 Å². The van der Waals surface area contributed by atoms with E-state index >= 15 is 0 Å². The zero-order chi connectivity index (χ0) is 22.7. The third-order valence-corrected chi connectivity index (χ3v) is 5.77. The fourth-order valence-corrected chi connectivity index (χ4v) is 3.97. The highest BCUT2D eigenvalue weighted by atomic mass is 35.5. The van der Waals surface area contributed by atoms with Gasteiger partial charge in [-0.1, -0.05) is 41.9 Å². The van der Waals surface area contributed by atoms with Gasteiger partial charge in [-0.2, -0.15) is 0 Å². The van der Waals surface area contributed by atoms with Crippen molar-refractivity contribution in [3.63, 3.8) is 0 Å². The molecule has 1 fully saturated rings. The second-order valence-corrected chi connectivity index (χ2v) is 8.26. The lowest BCUT2D eigenvalue weighted by molar-refractivity contribution is -0.123. The molecule has 0 radical (unpaired) electrons. The largest absolute Gasteiger partial charge is 0.423 e. The number of ether oxygens (including phenoxy) is 1. The van der Waals surface area contributed by atoms with E-state index < -0.39 is 22.9 Å². The number of rotatable bonds is 5. The maximum absolute atomic E-state index is 13.9. The lowest BCUT2D eigenvalue weighted by atomic mass is 10.2. The van der Waals surface area contributed by atoms with Crippen molar-refractivity contribution in [1.29, 1.82) is 0 Å². The summed E-state index contributed by atoms with van der Waals surface area (Å²) in [5.41, 5.74) is 1.17. The standard InChI is InChI=1S/C24H15ClFNO4S/c25-18-10-8-16(9-11-18)23(29)31-19-6-3-4-15(12-19)13-21-22(28)27(24(30)32-21)14-17-5-1-2-7-20(17)26/h1-13H,14H2/b21-13-. The Bertz CT molecular complexity index is 1240. The maximum Gasteiger partial charge on any atom is 0.343 e. The van der Waals surface area contributed by atoms with Gasteiger partial charge in [-0.05, 0) is 65.9 Å². The summed E-state index contributed by atoms with van der Waals surface area (Å²) >= 11 is 6.61. The second-order valence-electron chi connectivity index (χ2n) is 6.83. The number of hydrogen-bond acceptors (Lipinski definition) is 5. The molecule has 0 unspecified atom stereocenters. The number of carbonyl (C=O) groups is 3. The number of thioether (sulfide) groups is 1. The highest BCUT2D eigenvalue weighted by molar-refractivity contribution is 8.18. The second kappa shape index (κ2) is 9.38. The molecule has 1 aliphatic rings. The van der Waals surface area contributed by atoms with E-state index in [1.165, 1.54) is 18.2 Å². The minimum absolute atomic E-state index is 0.145. The van der Waals surface area contributed by atoms with Gasteiger partial charge < -0.3 is 4.74 Å². The predicted molar refractivity (Wildman–Crippen MR) is 121 cm³/mol. The molecule has 0 N–H and O–H groups in total. The minimum Gasteiger partial charge on any atom is -0.423 e. The van der Waals surface area contributed by atoms with Crippen molar-refractivity contribution in [3.8, 4) is 5.75 Å². The summed E-state index contributed by atoms with van der Waals surface area (Å²) in [6.45, 7) is -0.145. The molecule has 2 amide bonds. The summed E-state index contributed by atoms with van der Waals surface area (Å²) in [6.07, 6.45) is 1.53. The average Bonchev–Trinajstić information content (AvgIpc) is 3.03. The average molecular weight is 468 g/mol. The normalized spacial score (nSPS) is 14.8. The number of imide groups is 1. The Kier molecular flexibility index (Phi) is 6.39. The highest BCUT2D eigenvalue weighted by Gasteiger charge is 2.35. The van der Waals surface area contributed by atoms with Crippen molar-refractivity contribution in [2.75, 3.05) is 0 Å². The number of carbonyl (C=O) groups excluding carboxylic acids is 3. The maximum atomic E-state index is 13.9. The van der Waals surface area contributed by atoms with E-state index in [0.717, 1.165) is 16.7 Å². The van der Waals surface area contributed by atoms with Crippen LogP contribution in [0.1, 0.15) is 21.5 Å². The molecule has 1 saturated heterocycles. The summed E-state index contributed by atoms with van der Waals surface area (Å²) in [6, 6.07) is 18.8. The fraction of sp³-hybridized carbons (Fsp3) is 0.0417.